The highest BCUT2D eigenvalue weighted by Gasteiger charge is 2.09. The molecule has 0 amide bonds. The van der Waals surface area contributed by atoms with Gasteiger partial charge in [-0.05, 0) is 36.4 Å². The molecule has 0 bridgehead atoms. The van der Waals surface area contributed by atoms with Crippen molar-refractivity contribution >= 4 is 49.6 Å². The Labute approximate surface area is 137 Å². The maximum Gasteiger partial charge on any atom is 0.337 e. The van der Waals surface area contributed by atoms with E-state index in [1.807, 2.05) is 12.1 Å². The predicted octanol–water partition coefficient (Wildman–Crippen LogP) is 5.29. The molecule has 20 heavy (non-hydrogen) atoms. The minimum absolute atomic E-state index is 0.315. The van der Waals surface area contributed by atoms with Gasteiger partial charge >= 0.3 is 5.97 Å². The Morgan fingerprint density at radius 1 is 1.05 bits per heavy atom. The fourth-order valence-corrected chi connectivity index (χ4v) is 3.84. The van der Waals surface area contributed by atoms with E-state index in [1.165, 1.54) is 31.0 Å². The highest BCUT2D eigenvalue weighted by molar-refractivity contribution is 9.10. The lowest BCUT2D eigenvalue weighted by Crippen LogP contribution is -2.01. The van der Waals surface area contributed by atoms with E-state index >= 15 is 0 Å². The SMILES string of the molecule is COC(=O)c1cc(Br)cc(Sc2cc(F)cc(Br)c2)c1. The van der Waals surface area contributed by atoms with Crippen LogP contribution in [-0.2, 0) is 4.74 Å². The van der Waals surface area contributed by atoms with Gasteiger partial charge in [0.25, 0.3) is 0 Å². The van der Waals surface area contributed by atoms with Gasteiger partial charge in [0.2, 0.25) is 0 Å². The third-order valence-corrected chi connectivity index (χ3v) is 4.22. The first-order valence-corrected chi connectivity index (χ1v) is 7.91. The van der Waals surface area contributed by atoms with Crippen LogP contribution < -0.4 is 0 Å². The highest BCUT2D eigenvalue weighted by atomic mass is 79.9. The molecular formula is C14H9Br2FO2S. The van der Waals surface area contributed by atoms with Crippen LogP contribution in [0.15, 0.2) is 55.1 Å². The van der Waals surface area contributed by atoms with Crippen molar-refractivity contribution in [2.45, 2.75) is 9.79 Å². The second-order valence-electron chi connectivity index (χ2n) is 3.87. The minimum atomic E-state index is -0.409. The summed E-state index contributed by atoms with van der Waals surface area (Å²) in [5.41, 5.74) is 0.444. The zero-order valence-electron chi connectivity index (χ0n) is 10.3. The van der Waals surface area contributed by atoms with E-state index in [2.05, 4.69) is 31.9 Å². The van der Waals surface area contributed by atoms with Crippen molar-refractivity contribution in [3.05, 3.63) is 56.7 Å². The monoisotopic (exact) mass is 418 g/mol. The molecular weight excluding hydrogens is 411 g/mol. The molecule has 0 unspecified atom stereocenters. The Morgan fingerprint density at radius 2 is 1.65 bits per heavy atom. The lowest BCUT2D eigenvalue weighted by Gasteiger charge is -2.06. The van der Waals surface area contributed by atoms with E-state index in [1.54, 1.807) is 12.1 Å². The van der Waals surface area contributed by atoms with Crippen molar-refractivity contribution < 1.29 is 13.9 Å². The van der Waals surface area contributed by atoms with Crippen molar-refractivity contribution in [3.8, 4) is 0 Å². The van der Waals surface area contributed by atoms with Crippen LogP contribution in [0, 0.1) is 5.82 Å². The van der Waals surface area contributed by atoms with Gasteiger partial charge < -0.3 is 4.74 Å². The maximum absolute atomic E-state index is 13.3. The fraction of sp³-hybridized carbons (Fsp3) is 0.0714. The summed E-state index contributed by atoms with van der Waals surface area (Å²) in [6.45, 7) is 0. The summed E-state index contributed by atoms with van der Waals surface area (Å²) >= 11 is 7.97. The first kappa shape index (κ1) is 15.5. The number of rotatable bonds is 3. The molecule has 2 aromatic rings. The van der Waals surface area contributed by atoms with E-state index in [0.717, 1.165) is 14.3 Å². The van der Waals surface area contributed by atoms with Crippen molar-refractivity contribution in [3.63, 3.8) is 0 Å². The van der Waals surface area contributed by atoms with Crippen LogP contribution in [0.5, 0.6) is 0 Å². The summed E-state index contributed by atoms with van der Waals surface area (Å²) in [4.78, 5) is 13.1. The summed E-state index contributed by atoms with van der Waals surface area (Å²) in [5.74, 6) is -0.723. The number of benzene rings is 2. The van der Waals surface area contributed by atoms with E-state index < -0.39 is 5.97 Å². The van der Waals surface area contributed by atoms with Gasteiger partial charge in [-0.25, -0.2) is 9.18 Å². The number of methoxy groups -OCH3 is 1. The Hall–Kier alpha value is -0.850. The normalized spacial score (nSPS) is 10.4. The quantitative estimate of drug-likeness (QED) is 0.632. The molecule has 6 heteroatoms. The Kier molecular flexibility index (Phi) is 5.23. The number of carbonyl (C=O) groups is 1. The number of hydrogen-bond donors (Lipinski definition) is 0. The van der Waals surface area contributed by atoms with Crippen molar-refractivity contribution in [1.29, 1.82) is 0 Å². The van der Waals surface area contributed by atoms with Crippen LogP contribution in [-0.4, -0.2) is 13.1 Å². The van der Waals surface area contributed by atoms with Crippen LogP contribution in [0.25, 0.3) is 0 Å². The van der Waals surface area contributed by atoms with Crippen LogP contribution >= 0.6 is 43.6 Å². The average Bonchev–Trinajstić information content (AvgIpc) is 2.35. The van der Waals surface area contributed by atoms with Crippen LogP contribution in [0.3, 0.4) is 0 Å². The molecule has 2 nitrogen and oxygen atoms in total. The second kappa shape index (κ2) is 6.74. The molecule has 0 aliphatic carbocycles. The van der Waals surface area contributed by atoms with E-state index in [4.69, 9.17) is 4.74 Å². The van der Waals surface area contributed by atoms with Crippen LogP contribution in [0.2, 0.25) is 0 Å². The zero-order valence-corrected chi connectivity index (χ0v) is 14.3. The summed E-state index contributed by atoms with van der Waals surface area (Å²) in [6.07, 6.45) is 0. The number of carbonyl (C=O) groups excluding carboxylic acids is 1. The molecule has 0 aliphatic heterocycles. The number of hydrogen-bond acceptors (Lipinski definition) is 3. The van der Waals surface area contributed by atoms with Gasteiger partial charge in [0.05, 0.1) is 12.7 Å². The van der Waals surface area contributed by atoms with Gasteiger partial charge in [-0.3, -0.25) is 0 Å². The molecule has 0 atom stereocenters. The molecule has 104 valence electrons. The molecule has 0 fully saturated rings. The third-order valence-electron chi connectivity index (χ3n) is 2.36. The van der Waals surface area contributed by atoms with Crippen LogP contribution in [0.4, 0.5) is 4.39 Å². The second-order valence-corrected chi connectivity index (χ2v) is 6.85. The Bertz CT molecular complexity index is 641. The summed E-state index contributed by atoms with van der Waals surface area (Å²) in [5, 5.41) is 0. The molecule has 0 radical (unpaired) electrons. The van der Waals surface area contributed by atoms with Gasteiger partial charge in [0.15, 0.2) is 0 Å². The molecule has 0 spiro atoms. The average molecular weight is 420 g/mol. The molecule has 0 aromatic heterocycles. The highest BCUT2D eigenvalue weighted by Crippen LogP contribution is 2.32. The maximum atomic E-state index is 13.3. The number of esters is 1. The van der Waals surface area contributed by atoms with Crippen molar-refractivity contribution in [2.24, 2.45) is 0 Å². The molecule has 0 aliphatic rings. The van der Waals surface area contributed by atoms with Gasteiger partial charge in [-0.15, -0.1) is 0 Å². The van der Waals surface area contributed by atoms with Crippen molar-refractivity contribution in [1.82, 2.24) is 0 Å². The van der Waals surface area contributed by atoms with Gasteiger partial charge in [-0.1, -0.05) is 43.6 Å². The smallest absolute Gasteiger partial charge is 0.337 e. The summed E-state index contributed by atoms with van der Waals surface area (Å²) in [7, 11) is 1.33. The van der Waals surface area contributed by atoms with Crippen molar-refractivity contribution in [2.75, 3.05) is 7.11 Å². The van der Waals surface area contributed by atoms with E-state index in [-0.39, 0.29) is 5.82 Å². The zero-order chi connectivity index (χ0) is 14.7. The minimum Gasteiger partial charge on any atom is -0.465 e. The standard InChI is InChI=1S/C14H9Br2FO2S/c1-19-14(18)8-2-9(15)5-12(3-8)20-13-6-10(16)4-11(17)7-13/h2-7H,1H3. The number of ether oxygens (including phenoxy) is 1. The molecule has 2 rings (SSSR count). The molecule has 0 saturated heterocycles. The molecule has 0 N–H and O–H groups in total. The first-order chi connectivity index (χ1) is 9.47. The van der Waals surface area contributed by atoms with Gasteiger partial charge in [0, 0.05) is 18.7 Å². The lowest BCUT2D eigenvalue weighted by molar-refractivity contribution is 0.0600. The molecule has 0 saturated carbocycles. The topological polar surface area (TPSA) is 26.3 Å². The van der Waals surface area contributed by atoms with Crippen LogP contribution in [0.1, 0.15) is 10.4 Å². The molecule has 2 aromatic carbocycles. The third kappa shape index (κ3) is 4.07. The Balaban J connectivity index is 2.33. The van der Waals surface area contributed by atoms with Gasteiger partial charge in [0.1, 0.15) is 5.82 Å². The summed E-state index contributed by atoms with van der Waals surface area (Å²) < 4.78 is 19.5. The van der Waals surface area contributed by atoms with E-state index in [9.17, 15) is 9.18 Å². The van der Waals surface area contributed by atoms with Gasteiger partial charge in [-0.2, -0.15) is 0 Å². The number of halogens is 3. The predicted molar refractivity (Wildman–Crippen MR) is 83.7 cm³/mol. The van der Waals surface area contributed by atoms with E-state index in [0.29, 0.717) is 10.0 Å². The first-order valence-electron chi connectivity index (χ1n) is 5.51. The largest absolute Gasteiger partial charge is 0.465 e. The Morgan fingerprint density at radius 3 is 2.25 bits per heavy atom. The fourth-order valence-electron chi connectivity index (χ4n) is 1.58. The lowest BCUT2D eigenvalue weighted by atomic mass is 10.2. The molecule has 0 heterocycles. The summed E-state index contributed by atoms with van der Waals surface area (Å²) in [6, 6.07) is 9.89.